The summed E-state index contributed by atoms with van der Waals surface area (Å²) in [5.41, 5.74) is 7.83. The Labute approximate surface area is 131 Å². The Morgan fingerprint density at radius 2 is 2.05 bits per heavy atom. The summed E-state index contributed by atoms with van der Waals surface area (Å²) in [4.78, 5) is 14.4. The van der Waals surface area contributed by atoms with Crippen molar-refractivity contribution in [3.8, 4) is 0 Å². The normalized spacial score (nSPS) is 10.6. The van der Waals surface area contributed by atoms with Crippen molar-refractivity contribution in [2.24, 2.45) is 12.8 Å². The molecule has 0 saturated carbocycles. The number of aryl methyl sites for hydroxylation is 2. The predicted octanol–water partition coefficient (Wildman–Crippen LogP) is 1.73. The number of hydrogen-bond donors (Lipinski definition) is 1. The fourth-order valence-corrected chi connectivity index (χ4v) is 2.39. The lowest BCUT2D eigenvalue weighted by atomic mass is 10.1. The molecule has 5 heteroatoms. The van der Waals surface area contributed by atoms with Gasteiger partial charge in [-0.05, 0) is 30.5 Å². The zero-order chi connectivity index (χ0) is 15.8. The van der Waals surface area contributed by atoms with Crippen LogP contribution in [0.5, 0.6) is 0 Å². The zero-order valence-electron chi connectivity index (χ0n) is 13.1. The van der Waals surface area contributed by atoms with Gasteiger partial charge in [0.05, 0.1) is 6.20 Å². The van der Waals surface area contributed by atoms with E-state index >= 15 is 0 Å². The monoisotopic (exact) mass is 300 g/mol. The van der Waals surface area contributed by atoms with E-state index in [9.17, 15) is 4.79 Å². The van der Waals surface area contributed by atoms with Crippen LogP contribution in [0.1, 0.15) is 24.0 Å². The molecule has 22 heavy (non-hydrogen) atoms. The van der Waals surface area contributed by atoms with Crippen molar-refractivity contribution in [2.45, 2.75) is 25.8 Å². The van der Waals surface area contributed by atoms with Gasteiger partial charge in [-0.1, -0.05) is 30.3 Å². The molecule has 1 heterocycles. The number of carbonyl (C=O) groups is 1. The first kappa shape index (κ1) is 16.2. The van der Waals surface area contributed by atoms with Crippen LogP contribution in [0.3, 0.4) is 0 Å². The second-order valence-corrected chi connectivity index (χ2v) is 5.47. The van der Waals surface area contributed by atoms with E-state index in [4.69, 9.17) is 5.73 Å². The summed E-state index contributed by atoms with van der Waals surface area (Å²) in [6.07, 6.45) is 5.82. The zero-order valence-corrected chi connectivity index (χ0v) is 13.1. The van der Waals surface area contributed by atoms with E-state index in [-0.39, 0.29) is 5.91 Å². The molecule has 1 aromatic heterocycles. The third kappa shape index (κ3) is 5.00. The lowest BCUT2D eigenvalue weighted by molar-refractivity contribution is -0.131. The van der Waals surface area contributed by atoms with Crippen LogP contribution in [-0.2, 0) is 24.8 Å². The first-order valence-corrected chi connectivity index (χ1v) is 7.68. The van der Waals surface area contributed by atoms with Crippen molar-refractivity contribution in [3.63, 3.8) is 0 Å². The van der Waals surface area contributed by atoms with Crippen molar-refractivity contribution in [2.75, 3.05) is 13.1 Å². The number of amides is 1. The summed E-state index contributed by atoms with van der Waals surface area (Å²) < 4.78 is 1.76. The fourth-order valence-electron chi connectivity index (χ4n) is 2.39. The summed E-state index contributed by atoms with van der Waals surface area (Å²) in [6.45, 7) is 1.95. The highest BCUT2D eigenvalue weighted by Crippen LogP contribution is 2.09. The third-order valence-corrected chi connectivity index (χ3v) is 3.59. The summed E-state index contributed by atoms with van der Waals surface area (Å²) in [6, 6.07) is 10.1. The first-order chi connectivity index (χ1) is 10.7. The predicted molar refractivity (Wildman–Crippen MR) is 87.1 cm³/mol. The molecule has 0 unspecified atom stereocenters. The first-order valence-electron chi connectivity index (χ1n) is 7.68. The highest BCUT2D eigenvalue weighted by atomic mass is 16.2. The molecule has 2 N–H and O–H groups in total. The lowest BCUT2D eigenvalue weighted by Gasteiger charge is -2.22. The number of benzene rings is 1. The molecule has 118 valence electrons. The van der Waals surface area contributed by atoms with E-state index in [1.807, 2.05) is 54.7 Å². The van der Waals surface area contributed by atoms with Gasteiger partial charge >= 0.3 is 0 Å². The Bertz CT molecular complexity index is 579. The molecule has 0 saturated heterocycles. The summed E-state index contributed by atoms with van der Waals surface area (Å²) in [5, 5.41) is 4.13. The van der Waals surface area contributed by atoms with Crippen molar-refractivity contribution in [1.29, 1.82) is 0 Å². The van der Waals surface area contributed by atoms with Crippen LogP contribution in [0.4, 0.5) is 0 Å². The fraction of sp³-hybridized carbons (Fsp3) is 0.412. The number of nitrogens with zero attached hydrogens (tertiary/aromatic N) is 3. The minimum Gasteiger partial charge on any atom is -0.338 e. The van der Waals surface area contributed by atoms with Crippen LogP contribution < -0.4 is 5.73 Å². The highest BCUT2D eigenvalue weighted by molar-refractivity contribution is 5.76. The molecule has 0 spiro atoms. The molecule has 5 nitrogen and oxygen atoms in total. The van der Waals surface area contributed by atoms with E-state index < -0.39 is 0 Å². The molecule has 2 rings (SSSR count). The van der Waals surface area contributed by atoms with E-state index in [1.54, 1.807) is 4.68 Å². The number of carbonyl (C=O) groups excluding carboxylic acids is 1. The minimum atomic E-state index is 0.168. The SMILES string of the molecule is Cn1cc(CCC(=O)N(CCCN)Cc2ccccc2)cn1. The molecule has 0 radical (unpaired) electrons. The van der Waals surface area contributed by atoms with Crippen molar-refractivity contribution in [1.82, 2.24) is 14.7 Å². The minimum absolute atomic E-state index is 0.168. The average Bonchev–Trinajstić information content (AvgIpc) is 2.95. The van der Waals surface area contributed by atoms with E-state index in [2.05, 4.69) is 5.10 Å². The Morgan fingerprint density at radius 1 is 1.27 bits per heavy atom. The molecule has 0 bridgehead atoms. The van der Waals surface area contributed by atoms with Gasteiger partial charge in [0.2, 0.25) is 5.91 Å². The Kier molecular flexibility index (Phi) is 6.15. The number of rotatable bonds is 8. The molecule has 1 aromatic carbocycles. The van der Waals surface area contributed by atoms with Gasteiger partial charge in [-0.25, -0.2) is 0 Å². The van der Waals surface area contributed by atoms with Crippen molar-refractivity contribution in [3.05, 3.63) is 53.9 Å². The Morgan fingerprint density at radius 3 is 2.68 bits per heavy atom. The van der Waals surface area contributed by atoms with Gasteiger partial charge < -0.3 is 10.6 Å². The summed E-state index contributed by atoms with van der Waals surface area (Å²) >= 11 is 0. The second-order valence-electron chi connectivity index (χ2n) is 5.47. The van der Waals surface area contributed by atoms with Gasteiger partial charge in [0.15, 0.2) is 0 Å². The van der Waals surface area contributed by atoms with Gasteiger partial charge in [0.25, 0.3) is 0 Å². The lowest BCUT2D eigenvalue weighted by Crippen LogP contribution is -2.32. The van der Waals surface area contributed by atoms with E-state index in [0.29, 0.717) is 26.1 Å². The third-order valence-electron chi connectivity index (χ3n) is 3.59. The van der Waals surface area contributed by atoms with Crippen molar-refractivity contribution < 1.29 is 4.79 Å². The molecule has 0 fully saturated rings. The smallest absolute Gasteiger partial charge is 0.223 e. The molecule has 0 aliphatic carbocycles. The topological polar surface area (TPSA) is 64.2 Å². The van der Waals surface area contributed by atoms with E-state index in [0.717, 1.165) is 24.0 Å². The number of hydrogen-bond acceptors (Lipinski definition) is 3. The van der Waals surface area contributed by atoms with Crippen LogP contribution in [-0.4, -0.2) is 33.7 Å². The summed E-state index contributed by atoms with van der Waals surface area (Å²) in [5.74, 6) is 0.168. The van der Waals surface area contributed by atoms with Gasteiger partial charge in [0.1, 0.15) is 0 Å². The quantitative estimate of drug-likeness (QED) is 0.807. The number of aromatic nitrogens is 2. The van der Waals surface area contributed by atoms with Crippen LogP contribution in [0.2, 0.25) is 0 Å². The van der Waals surface area contributed by atoms with Crippen LogP contribution >= 0.6 is 0 Å². The Balaban J connectivity index is 1.93. The average molecular weight is 300 g/mol. The molecular formula is C17H24N4O. The second kappa shape index (κ2) is 8.34. The highest BCUT2D eigenvalue weighted by Gasteiger charge is 2.14. The largest absolute Gasteiger partial charge is 0.338 e. The van der Waals surface area contributed by atoms with Gasteiger partial charge in [-0.15, -0.1) is 0 Å². The van der Waals surface area contributed by atoms with Gasteiger partial charge in [-0.3, -0.25) is 9.48 Å². The molecular weight excluding hydrogens is 276 g/mol. The molecule has 0 atom stereocenters. The molecule has 1 amide bonds. The molecule has 2 aromatic rings. The van der Waals surface area contributed by atoms with Gasteiger partial charge in [0, 0.05) is 32.8 Å². The van der Waals surface area contributed by atoms with E-state index in [1.165, 1.54) is 0 Å². The number of nitrogens with two attached hydrogens (primary N) is 1. The van der Waals surface area contributed by atoms with Crippen LogP contribution in [0.25, 0.3) is 0 Å². The maximum Gasteiger partial charge on any atom is 0.223 e. The van der Waals surface area contributed by atoms with Gasteiger partial charge in [-0.2, -0.15) is 5.10 Å². The van der Waals surface area contributed by atoms with Crippen LogP contribution in [0.15, 0.2) is 42.7 Å². The standard InChI is InChI=1S/C17H24N4O/c1-20-13-16(12-19-20)8-9-17(22)21(11-5-10-18)14-15-6-3-2-4-7-15/h2-4,6-7,12-13H,5,8-11,14,18H2,1H3. The molecule has 0 aliphatic heterocycles. The maximum absolute atomic E-state index is 12.5. The Hall–Kier alpha value is -2.14. The van der Waals surface area contributed by atoms with Crippen LogP contribution in [0, 0.1) is 0 Å². The maximum atomic E-state index is 12.5. The molecule has 0 aliphatic rings. The van der Waals surface area contributed by atoms with Crippen molar-refractivity contribution >= 4 is 5.91 Å². The summed E-state index contributed by atoms with van der Waals surface area (Å²) in [7, 11) is 1.88.